The van der Waals surface area contributed by atoms with Gasteiger partial charge in [-0.2, -0.15) is 0 Å². The van der Waals surface area contributed by atoms with Gasteiger partial charge in [0, 0.05) is 19.8 Å². The highest BCUT2D eigenvalue weighted by Gasteiger charge is 2.18. The number of hydrogen-bond donors (Lipinski definition) is 1. The molecular formula is C16H18FN3O. The van der Waals surface area contributed by atoms with Crippen LogP contribution in [0.3, 0.4) is 0 Å². The molecule has 1 aromatic heterocycles. The fourth-order valence-corrected chi connectivity index (χ4v) is 2.05. The van der Waals surface area contributed by atoms with Gasteiger partial charge in [0.05, 0.1) is 11.8 Å². The summed E-state index contributed by atoms with van der Waals surface area (Å²) < 4.78 is 13.3. The highest BCUT2D eigenvalue weighted by molar-refractivity contribution is 6.08. The number of anilines is 2. The van der Waals surface area contributed by atoms with Crippen LogP contribution >= 0.6 is 0 Å². The first kappa shape index (κ1) is 15.0. The molecule has 1 heterocycles. The first-order valence-corrected chi connectivity index (χ1v) is 6.77. The molecule has 4 nitrogen and oxygen atoms in total. The van der Waals surface area contributed by atoms with Gasteiger partial charge >= 0.3 is 0 Å². The molecule has 0 aliphatic heterocycles. The Morgan fingerprint density at radius 2 is 2.00 bits per heavy atom. The third-order valence-corrected chi connectivity index (χ3v) is 3.36. The van der Waals surface area contributed by atoms with Crippen molar-refractivity contribution in [2.75, 3.05) is 24.3 Å². The first-order valence-electron chi connectivity index (χ1n) is 6.77. The van der Waals surface area contributed by atoms with Crippen LogP contribution in [0.2, 0.25) is 0 Å². The van der Waals surface area contributed by atoms with E-state index in [4.69, 9.17) is 0 Å². The molecule has 0 saturated heterocycles. The molecule has 0 fully saturated rings. The monoisotopic (exact) mass is 287 g/mol. The van der Waals surface area contributed by atoms with E-state index in [2.05, 4.69) is 17.2 Å². The van der Waals surface area contributed by atoms with E-state index in [-0.39, 0.29) is 11.5 Å². The molecule has 1 amide bonds. The standard InChI is InChI=1S/C16H18FN3O/c1-4-11-5-7-13(8-6-11)20(3)16(21)14-9-12(17)10-19-15(14)18-2/h5-10H,4H2,1-3H3,(H,18,19). The molecule has 0 aliphatic carbocycles. The Morgan fingerprint density at radius 1 is 1.33 bits per heavy atom. The predicted molar refractivity (Wildman–Crippen MR) is 82.3 cm³/mol. The van der Waals surface area contributed by atoms with E-state index in [0.29, 0.717) is 5.82 Å². The number of aromatic nitrogens is 1. The minimum Gasteiger partial charge on any atom is -0.372 e. The van der Waals surface area contributed by atoms with Crippen molar-refractivity contribution in [3.8, 4) is 0 Å². The molecule has 0 unspecified atom stereocenters. The second kappa shape index (κ2) is 6.35. The molecule has 110 valence electrons. The second-order valence-corrected chi connectivity index (χ2v) is 4.68. The largest absolute Gasteiger partial charge is 0.372 e. The van der Waals surface area contributed by atoms with Gasteiger partial charge in [0.15, 0.2) is 0 Å². The number of nitrogens with one attached hydrogen (secondary N) is 1. The highest BCUT2D eigenvalue weighted by Crippen LogP contribution is 2.20. The summed E-state index contributed by atoms with van der Waals surface area (Å²) >= 11 is 0. The summed E-state index contributed by atoms with van der Waals surface area (Å²) in [6, 6.07) is 8.90. The smallest absolute Gasteiger partial charge is 0.261 e. The van der Waals surface area contributed by atoms with Gasteiger partial charge in [-0.15, -0.1) is 0 Å². The summed E-state index contributed by atoms with van der Waals surface area (Å²) in [5.41, 5.74) is 2.16. The van der Waals surface area contributed by atoms with Crippen LogP contribution in [0.4, 0.5) is 15.9 Å². The van der Waals surface area contributed by atoms with Gasteiger partial charge < -0.3 is 10.2 Å². The van der Waals surface area contributed by atoms with E-state index in [0.717, 1.165) is 18.3 Å². The number of aryl methyl sites for hydroxylation is 1. The van der Waals surface area contributed by atoms with Crippen molar-refractivity contribution in [3.63, 3.8) is 0 Å². The molecule has 0 saturated carbocycles. The van der Waals surface area contributed by atoms with Crippen LogP contribution in [0.1, 0.15) is 22.8 Å². The number of halogens is 1. The first-order chi connectivity index (χ1) is 10.1. The lowest BCUT2D eigenvalue weighted by atomic mass is 10.1. The Labute approximate surface area is 123 Å². The molecule has 0 spiro atoms. The zero-order chi connectivity index (χ0) is 15.4. The van der Waals surface area contributed by atoms with Crippen LogP contribution in [-0.4, -0.2) is 25.0 Å². The molecule has 2 aromatic rings. The molecule has 1 N–H and O–H groups in total. The van der Waals surface area contributed by atoms with E-state index in [1.165, 1.54) is 16.5 Å². The Balaban J connectivity index is 2.32. The van der Waals surface area contributed by atoms with Crippen molar-refractivity contribution in [2.24, 2.45) is 0 Å². The van der Waals surface area contributed by atoms with Crippen molar-refractivity contribution in [1.82, 2.24) is 4.98 Å². The fourth-order valence-electron chi connectivity index (χ4n) is 2.05. The number of benzene rings is 1. The molecule has 2 rings (SSSR count). The molecule has 1 aromatic carbocycles. The molecule has 0 atom stereocenters. The third kappa shape index (κ3) is 3.18. The summed E-state index contributed by atoms with van der Waals surface area (Å²) in [6.07, 6.45) is 2.02. The maximum Gasteiger partial charge on any atom is 0.261 e. The molecule has 0 bridgehead atoms. The Kier molecular flexibility index (Phi) is 4.52. The van der Waals surface area contributed by atoms with Gasteiger partial charge in [0.2, 0.25) is 0 Å². The van der Waals surface area contributed by atoms with Gasteiger partial charge in [-0.1, -0.05) is 19.1 Å². The Hall–Kier alpha value is -2.43. The van der Waals surface area contributed by atoms with Crippen molar-refractivity contribution in [3.05, 3.63) is 53.5 Å². The number of hydrogen-bond acceptors (Lipinski definition) is 3. The predicted octanol–water partition coefficient (Wildman–Crippen LogP) is 3.10. The SMILES string of the molecule is CCc1ccc(N(C)C(=O)c2cc(F)cnc2NC)cc1. The maximum absolute atomic E-state index is 13.3. The van der Waals surface area contributed by atoms with Crippen molar-refractivity contribution in [2.45, 2.75) is 13.3 Å². The third-order valence-electron chi connectivity index (χ3n) is 3.36. The summed E-state index contributed by atoms with van der Waals surface area (Å²) in [5, 5.41) is 2.80. The van der Waals surface area contributed by atoms with Gasteiger partial charge in [-0.3, -0.25) is 4.79 Å². The summed E-state index contributed by atoms with van der Waals surface area (Å²) in [7, 11) is 3.31. The zero-order valence-electron chi connectivity index (χ0n) is 12.4. The molecule has 0 aliphatic rings. The minimum absolute atomic E-state index is 0.208. The number of amides is 1. The number of pyridine rings is 1. The maximum atomic E-state index is 13.3. The van der Waals surface area contributed by atoms with Crippen molar-refractivity contribution >= 4 is 17.4 Å². The normalized spacial score (nSPS) is 10.3. The van der Waals surface area contributed by atoms with Crippen LogP contribution in [0, 0.1) is 5.82 Å². The van der Waals surface area contributed by atoms with Gasteiger partial charge in [-0.25, -0.2) is 9.37 Å². The number of carbonyl (C=O) groups excluding carboxylic acids is 1. The number of carbonyl (C=O) groups is 1. The minimum atomic E-state index is -0.535. The van der Waals surface area contributed by atoms with Crippen molar-refractivity contribution in [1.29, 1.82) is 0 Å². The Morgan fingerprint density at radius 3 is 2.57 bits per heavy atom. The van der Waals surface area contributed by atoms with E-state index in [9.17, 15) is 9.18 Å². The molecule has 21 heavy (non-hydrogen) atoms. The van der Waals surface area contributed by atoms with Gasteiger partial charge in [0.1, 0.15) is 11.6 Å². The van der Waals surface area contributed by atoms with Gasteiger partial charge in [0.25, 0.3) is 5.91 Å². The van der Waals surface area contributed by atoms with Crippen LogP contribution in [-0.2, 0) is 6.42 Å². The van der Waals surface area contributed by atoms with Crippen LogP contribution < -0.4 is 10.2 Å². The lowest BCUT2D eigenvalue weighted by Gasteiger charge is -2.19. The van der Waals surface area contributed by atoms with Crippen LogP contribution in [0.15, 0.2) is 36.5 Å². The summed E-state index contributed by atoms with van der Waals surface area (Å²) in [5.74, 6) is -0.485. The average Bonchev–Trinajstić information content (AvgIpc) is 2.53. The molecular weight excluding hydrogens is 269 g/mol. The Bertz CT molecular complexity index is 640. The quantitative estimate of drug-likeness (QED) is 0.940. The lowest BCUT2D eigenvalue weighted by molar-refractivity contribution is 0.0993. The fraction of sp³-hybridized carbons (Fsp3) is 0.250. The molecule has 0 radical (unpaired) electrons. The van der Waals surface area contributed by atoms with Crippen LogP contribution in [0.25, 0.3) is 0 Å². The van der Waals surface area contributed by atoms with E-state index in [1.54, 1.807) is 14.1 Å². The van der Waals surface area contributed by atoms with Crippen LogP contribution in [0.5, 0.6) is 0 Å². The number of rotatable bonds is 4. The van der Waals surface area contributed by atoms with E-state index < -0.39 is 5.82 Å². The highest BCUT2D eigenvalue weighted by atomic mass is 19.1. The summed E-state index contributed by atoms with van der Waals surface area (Å²) in [4.78, 5) is 17.9. The zero-order valence-corrected chi connectivity index (χ0v) is 12.4. The van der Waals surface area contributed by atoms with E-state index >= 15 is 0 Å². The van der Waals surface area contributed by atoms with Crippen molar-refractivity contribution < 1.29 is 9.18 Å². The van der Waals surface area contributed by atoms with E-state index in [1.807, 2.05) is 24.3 Å². The lowest BCUT2D eigenvalue weighted by Crippen LogP contribution is -2.27. The summed E-state index contributed by atoms with van der Waals surface area (Å²) in [6.45, 7) is 2.07. The topological polar surface area (TPSA) is 45.2 Å². The van der Waals surface area contributed by atoms with Gasteiger partial charge in [-0.05, 0) is 30.2 Å². The average molecular weight is 287 g/mol. The molecule has 5 heteroatoms. The number of nitrogens with zero attached hydrogens (tertiary/aromatic N) is 2. The second-order valence-electron chi connectivity index (χ2n) is 4.68.